The van der Waals surface area contributed by atoms with Crippen molar-refractivity contribution >= 4 is 10.0 Å². The Bertz CT molecular complexity index is 786. The molecule has 142 valence electrons. The van der Waals surface area contributed by atoms with E-state index in [1.807, 2.05) is 6.92 Å². The summed E-state index contributed by atoms with van der Waals surface area (Å²) in [5.74, 6) is 0.795. The quantitative estimate of drug-likeness (QED) is 0.341. The van der Waals surface area contributed by atoms with Gasteiger partial charge in [0.2, 0.25) is 0 Å². The molecule has 2 aliphatic rings. The van der Waals surface area contributed by atoms with Crippen LogP contribution < -0.4 is 0 Å². The van der Waals surface area contributed by atoms with Crippen molar-refractivity contribution in [3.05, 3.63) is 39.3 Å². The summed E-state index contributed by atoms with van der Waals surface area (Å²) in [6.45, 7) is 1.99. The lowest BCUT2D eigenvalue weighted by Gasteiger charge is -2.28. The van der Waals surface area contributed by atoms with Gasteiger partial charge >= 0.3 is 0 Å². The van der Waals surface area contributed by atoms with Crippen LogP contribution in [0.1, 0.15) is 99.7 Å². The number of azide groups is 1. The third-order valence-corrected chi connectivity index (χ3v) is 7.42. The van der Waals surface area contributed by atoms with Crippen LogP contribution in [0.15, 0.2) is 21.5 Å². The SMILES string of the molecule is CCc1cc(C2CCCCC2)cc(C2CCCCC2)c1S(=O)(=O)N=[N+]=[N-]. The molecule has 0 aliphatic heterocycles. The summed E-state index contributed by atoms with van der Waals surface area (Å²) >= 11 is 0. The molecule has 0 spiro atoms. The van der Waals surface area contributed by atoms with Crippen LogP contribution in [0.4, 0.5) is 0 Å². The van der Waals surface area contributed by atoms with Gasteiger partial charge in [0.1, 0.15) is 0 Å². The number of hydrogen-bond donors (Lipinski definition) is 0. The van der Waals surface area contributed by atoms with Crippen molar-refractivity contribution < 1.29 is 8.42 Å². The second kappa shape index (κ2) is 8.45. The molecule has 2 saturated carbocycles. The van der Waals surface area contributed by atoms with E-state index >= 15 is 0 Å². The molecule has 0 N–H and O–H groups in total. The highest BCUT2D eigenvalue weighted by Crippen LogP contribution is 2.42. The largest absolute Gasteiger partial charge is 0.264 e. The van der Waals surface area contributed by atoms with Crippen LogP contribution in [0.25, 0.3) is 10.4 Å². The van der Waals surface area contributed by atoms with Crippen LogP contribution in [-0.4, -0.2) is 8.42 Å². The summed E-state index contributed by atoms with van der Waals surface area (Å²) in [5.41, 5.74) is 11.8. The maximum Gasteiger partial charge on any atom is 0.264 e. The van der Waals surface area contributed by atoms with Gasteiger partial charge in [-0.3, -0.25) is 0 Å². The Hall–Kier alpha value is -1.52. The molecule has 0 aromatic heterocycles. The van der Waals surface area contributed by atoms with Crippen molar-refractivity contribution in [1.29, 1.82) is 0 Å². The van der Waals surface area contributed by atoms with E-state index in [-0.39, 0.29) is 5.92 Å². The van der Waals surface area contributed by atoms with Crippen LogP contribution in [-0.2, 0) is 16.4 Å². The van der Waals surface area contributed by atoms with Gasteiger partial charge in [0.25, 0.3) is 10.0 Å². The Morgan fingerprint density at radius 3 is 2.12 bits per heavy atom. The molecular weight excluding hydrogens is 346 g/mol. The highest BCUT2D eigenvalue weighted by atomic mass is 32.2. The molecule has 0 atom stereocenters. The van der Waals surface area contributed by atoms with Crippen LogP contribution in [0, 0.1) is 0 Å². The summed E-state index contributed by atoms with van der Waals surface area (Å²) in [4.78, 5) is 2.89. The molecule has 0 saturated heterocycles. The van der Waals surface area contributed by atoms with Gasteiger partial charge in [-0.05, 0) is 66.2 Å². The van der Waals surface area contributed by atoms with Gasteiger partial charge in [-0.25, -0.2) is 8.42 Å². The predicted molar refractivity (Wildman–Crippen MR) is 104 cm³/mol. The average Bonchev–Trinajstić information content (AvgIpc) is 2.68. The third kappa shape index (κ3) is 4.07. The fourth-order valence-corrected chi connectivity index (χ4v) is 6.03. The molecule has 0 heterocycles. The topological polar surface area (TPSA) is 82.9 Å². The summed E-state index contributed by atoms with van der Waals surface area (Å²) < 4.78 is 28.7. The van der Waals surface area contributed by atoms with Crippen LogP contribution in [0.5, 0.6) is 0 Å². The molecule has 3 rings (SSSR count). The van der Waals surface area contributed by atoms with Gasteiger partial charge < -0.3 is 0 Å². The Morgan fingerprint density at radius 1 is 1.00 bits per heavy atom. The van der Waals surface area contributed by atoms with E-state index in [4.69, 9.17) is 5.53 Å². The minimum absolute atomic E-state index is 0.260. The highest BCUT2D eigenvalue weighted by molar-refractivity contribution is 7.90. The molecule has 0 amide bonds. The maximum absolute atomic E-state index is 12.7. The molecule has 1 aromatic rings. The lowest BCUT2D eigenvalue weighted by atomic mass is 9.79. The van der Waals surface area contributed by atoms with E-state index in [0.29, 0.717) is 17.2 Å². The number of nitrogens with zero attached hydrogens (tertiary/aromatic N) is 3. The first-order valence-electron chi connectivity index (χ1n) is 10.0. The lowest BCUT2D eigenvalue weighted by Crippen LogP contribution is -2.15. The minimum atomic E-state index is -3.97. The first-order valence-corrected chi connectivity index (χ1v) is 11.5. The highest BCUT2D eigenvalue weighted by Gasteiger charge is 2.29. The van der Waals surface area contributed by atoms with Gasteiger partial charge in [-0.2, -0.15) is 0 Å². The second-order valence-electron chi connectivity index (χ2n) is 7.77. The van der Waals surface area contributed by atoms with Gasteiger partial charge in [0, 0.05) is 9.43 Å². The summed E-state index contributed by atoms with van der Waals surface area (Å²) in [6, 6.07) is 4.22. The van der Waals surface area contributed by atoms with Crippen LogP contribution >= 0.6 is 0 Å². The molecule has 0 radical (unpaired) electrons. The third-order valence-electron chi connectivity index (χ3n) is 6.12. The molecule has 26 heavy (non-hydrogen) atoms. The van der Waals surface area contributed by atoms with Crippen molar-refractivity contribution in [2.45, 2.75) is 94.3 Å². The first kappa shape index (κ1) is 19.2. The first-order chi connectivity index (χ1) is 12.6. The Morgan fingerprint density at radius 2 is 1.58 bits per heavy atom. The molecule has 2 aliphatic carbocycles. The number of sulfonamides is 1. The number of benzene rings is 1. The van der Waals surface area contributed by atoms with Gasteiger partial charge in [0.05, 0.1) is 4.90 Å². The summed E-state index contributed by atoms with van der Waals surface area (Å²) in [5, 5.41) is 0. The van der Waals surface area contributed by atoms with Crippen molar-refractivity contribution in [3.63, 3.8) is 0 Å². The van der Waals surface area contributed by atoms with E-state index in [0.717, 1.165) is 36.8 Å². The summed E-state index contributed by atoms with van der Waals surface area (Å²) in [6.07, 6.45) is 12.4. The number of hydrogen-bond acceptors (Lipinski definition) is 2. The molecule has 1 aromatic carbocycles. The standard InChI is InChI=1S/C20H29N3O2S/c1-2-15-13-18(16-9-5-3-6-10-16)14-19(17-11-7-4-8-12-17)20(15)26(24,25)23-22-21/h13-14,16-17H,2-12H2,1H3. The molecule has 0 unspecified atom stereocenters. The number of rotatable bonds is 5. The zero-order valence-electron chi connectivity index (χ0n) is 15.7. The van der Waals surface area contributed by atoms with Gasteiger partial charge in [-0.15, -0.1) is 0 Å². The van der Waals surface area contributed by atoms with E-state index in [9.17, 15) is 8.42 Å². The molecule has 0 bridgehead atoms. The van der Waals surface area contributed by atoms with E-state index in [1.54, 1.807) is 0 Å². The monoisotopic (exact) mass is 375 g/mol. The van der Waals surface area contributed by atoms with Gasteiger partial charge in [-0.1, -0.05) is 57.6 Å². The van der Waals surface area contributed by atoms with Crippen molar-refractivity contribution in [2.75, 3.05) is 0 Å². The Balaban J connectivity index is 2.15. The smallest absolute Gasteiger partial charge is 0.216 e. The lowest BCUT2D eigenvalue weighted by molar-refractivity contribution is 0.431. The maximum atomic E-state index is 12.7. The molecule has 6 heteroatoms. The normalized spacial score (nSPS) is 19.9. The molecule has 2 fully saturated rings. The Kier molecular flexibility index (Phi) is 6.25. The molecular formula is C20H29N3O2S. The van der Waals surface area contributed by atoms with Crippen LogP contribution in [0.3, 0.4) is 0 Å². The van der Waals surface area contributed by atoms with Crippen molar-refractivity contribution in [2.24, 2.45) is 4.52 Å². The summed E-state index contributed by atoms with van der Waals surface area (Å²) in [7, 11) is -3.97. The van der Waals surface area contributed by atoms with Crippen molar-refractivity contribution in [1.82, 2.24) is 0 Å². The fraction of sp³-hybridized carbons (Fsp3) is 0.700. The number of aryl methyl sites for hydroxylation is 1. The predicted octanol–water partition coefficient (Wildman–Crippen LogP) is 6.34. The fourth-order valence-electron chi connectivity index (χ4n) is 4.79. The minimum Gasteiger partial charge on any atom is -0.216 e. The zero-order valence-corrected chi connectivity index (χ0v) is 16.5. The second-order valence-corrected chi connectivity index (χ2v) is 9.29. The molecule has 5 nitrogen and oxygen atoms in total. The van der Waals surface area contributed by atoms with Crippen molar-refractivity contribution in [3.8, 4) is 0 Å². The van der Waals surface area contributed by atoms with E-state index in [1.165, 1.54) is 44.1 Å². The van der Waals surface area contributed by atoms with Gasteiger partial charge in [0.15, 0.2) is 0 Å². The van der Waals surface area contributed by atoms with E-state index in [2.05, 4.69) is 21.6 Å². The zero-order chi connectivity index (χ0) is 18.6. The van der Waals surface area contributed by atoms with Crippen LogP contribution in [0.2, 0.25) is 0 Å². The van der Waals surface area contributed by atoms with E-state index < -0.39 is 10.0 Å². The average molecular weight is 376 g/mol. The Labute approximate surface area is 156 Å².